The van der Waals surface area contributed by atoms with Gasteiger partial charge in [0.25, 0.3) is 0 Å². The Morgan fingerprint density at radius 3 is 2.03 bits per heavy atom. The largest absolute Gasteiger partial charge is 0.499 e. The first-order chi connectivity index (χ1) is 17.3. The molecule has 0 spiro atoms. The van der Waals surface area contributed by atoms with Crippen LogP contribution in [0.4, 0.5) is 0 Å². The van der Waals surface area contributed by atoms with Crippen molar-refractivity contribution in [2.45, 2.75) is 60.8 Å². The topological polar surface area (TPSA) is 86.7 Å². The summed E-state index contributed by atoms with van der Waals surface area (Å²) in [6.07, 6.45) is 4.12. The predicted octanol–water partition coefficient (Wildman–Crippen LogP) is 5.83. The molecular formula is C31H38O6. The molecule has 1 aromatic carbocycles. The van der Waals surface area contributed by atoms with Crippen LogP contribution in [-0.2, 0) is 23.9 Å². The van der Waals surface area contributed by atoms with E-state index in [1.165, 1.54) is 14.2 Å². The second kappa shape index (κ2) is 10.2. The van der Waals surface area contributed by atoms with Crippen LogP contribution in [-0.4, -0.2) is 37.5 Å². The quantitative estimate of drug-likeness (QED) is 0.145. The lowest BCUT2D eigenvalue weighted by Crippen LogP contribution is -2.68. The summed E-state index contributed by atoms with van der Waals surface area (Å²) in [4.78, 5) is 56.6. The smallest absolute Gasteiger partial charge is 0.309 e. The summed E-state index contributed by atoms with van der Waals surface area (Å²) in [6, 6.07) is 8.55. The third-order valence-corrected chi connectivity index (χ3v) is 8.25. The van der Waals surface area contributed by atoms with Crippen LogP contribution in [0.5, 0.6) is 0 Å². The predicted molar refractivity (Wildman–Crippen MR) is 142 cm³/mol. The highest BCUT2D eigenvalue weighted by Gasteiger charge is 2.74. The Kier molecular flexibility index (Phi) is 7.83. The van der Waals surface area contributed by atoms with Gasteiger partial charge >= 0.3 is 5.97 Å². The van der Waals surface area contributed by atoms with Gasteiger partial charge in [0.05, 0.1) is 25.6 Å². The first-order valence-corrected chi connectivity index (χ1v) is 12.6. The maximum atomic E-state index is 14.8. The van der Waals surface area contributed by atoms with E-state index in [1.54, 1.807) is 44.2 Å². The number of hydrogen-bond acceptors (Lipinski definition) is 6. The molecule has 3 rings (SSSR count). The number of Topliss-reactive ketones (excluding diaryl/α,β-unsaturated/α-hetero) is 3. The highest BCUT2D eigenvalue weighted by molar-refractivity contribution is 6.35. The van der Waals surface area contributed by atoms with Crippen molar-refractivity contribution in [2.24, 2.45) is 22.2 Å². The summed E-state index contributed by atoms with van der Waals surface area (Å²) in [5.74, 6) is -2.58. The lowest BCUT2D eigenvalue weighted by molar-refractivity contribution is -0.180. The Morgan fingerprint density at radius 1 is 0.946 bits per heavy atom. The molecule has 0 aromatic heterocycles. The fraction of sp³-hybridized carbons (Fsp3) is 0.484. The lowest BCUT2D eigenvalue weighted by atomic mass is 9.40. The maximum Gasteiger partial charge on any atom is 0.309 e. The molecule has 2 aliphatic rings. The van der Waals surface area contributed by atoms with Gasteiger partial charge < -0.3 is 9.47 Å². The number of fused-ring (bicyclic) bond motifs is 2. The van der Waals surface area contributed by atoms with Crippen molar-refractivity contribution in [3.05, 3.63) is 70.5 Å². The number of ether oxygens (including phenoxy) is 2. The number of hydrogen-bond donors (Lipinski definition) is 0. The molecule has 0 N–H and O–H groups in total. The van der Waals surface area contributed by atoms with E-state index < -0.39 is 39.7 Å². The number of carbonyl (C=O) groups excluding carboxylic acids is 4. The van der Waals surface area contributed by atoms with E-state index in [0.717, 1.165) is 11.1 Å². The van der Waals surface area contributed by atoms with E-state index in [9.17, 15) is 19.2 Å². The number of rotatable bonds is 8. The molecule has 0 amide bonds. The molecule has 6 nitrogen and oxygen atoms in total. The fourth-order valence-corrected chi connectivity index (χ4v) is 6.05. The lowest BCUT2D eigenvalue weighted by Gasteiger charge is -2.59. The third kappa shape index (κ3) is 4.30. The van der Waals surface area contributed by atoms with Crippen LogP contribution in [0.3, 0.4) is 0 Å². The zero-order valence-corrected chi connectivity index (χ0v) is 23.2. The van der Waals surface area contributed by atoms with Crippen LogP contribution < -0.4 is 0 Å². The van der Waals surface area contributed by atoms with E-state index in [1.807, 2.05) is 39.8 Å². The van der Waals surface area contributed by atoms with Crippen molar-refractivity contribution in [3.63, 3.8) is 0 Å². The molecule has 3 atom stereocenters. The van der Waals surface area contributed by atoms with Gasteiger partial charge in [-0.05, 0) is 52.4 Å². The first kappa shape index (κ1) is 28.3. The SMILES string of the molecule is COC(=O)[C@H]1CC2(CC=C(C)C)C(=O)[C@@](CC=C(C)C)(C(=O)C(C(=O)c3ccccc3)=C2OC)C1(C)C. The van der Waals surface area contributed by atoms with Gasteiger partial charge in [-0.1, -0.05) is 67.5 Å². The normalized spacial score (nSPS) is 26.3. The van der Waals surface area contributed by atoms with Gasteiger partial charge in [-0.15, -0.1) is 0 Å². The third-order valence-electron chi connectivity index (χ3n) is 8.25. The number of methoxy groups -OCH3 is 2. The van der Waals surface area contributed by atoms with E-state index >= 15 is 0 Å². The minimum Gasteiger partial charge on any atom is -0.499 e. The zero-order valence-electron chi connectivity index (χ0n) is 23.2. The van der Waals surface area contributed by atoms with Gasteiger partial charge in [0.2, 0.25) is 0 Å². The average molecular weight is 507 g/mol. The van der Waals surface area contributed by atoms with Crippen molar-refractivity contribution in [3.8, 4) is 0 Å². The Bertz CT molecular complexity index is 1210. The molecule has 1 aromatic rings. The van der Waals surface area contributed by atoms with Crippen molar-refractivity contribution in [2.75, 3.05) is 14.2 Å². The van der Waals surface area contributed by atoms with Gasteiger partial charge in [-0.25, -0.2) is 0 Å². The van der Waals surface area contributed by atoms with Crippen LogP contribution in [0, 0.1) is 22.2 Å². The molecule has 37 heavy (non-hydrogen) atoms. The Balaban J connectivity index is 2.50. The van der Waals surface area contributed by atoms with Gasteiger partial charge in [0, 0.05) is 5.56 Å². The number of carbonyl (C=O) groups is 4. The van der Waals surface area contributed by atoms with Gasteiger partial charge in [-0.2, -0.15) is 0 Å². The fourth-order valence-electron chi connectivity index (χ4n) is 6.05. The highest BCUT2D eigenvalue weighted by atomic mass is 16.5. The molecule has 2 bridgehead atoms. The molecule has 1 fully saturated rings. The number of esters is 1. The molecule has 6 heteroatoms. The number of benzene rings is 1. The van der Waals surface area contributed by atoms with Crippen LogP contribution >= 0.6 is 0 Å². The van der Waals surface area contributed by atoms with Crippen molar-refractivity contribution >= 4 is 23.3 Å². The van der Waals surface area contributed by atoms with E-state index in [2.05, 4.69) is 0 Å². The summed E-state index contributed by atoms with van der Waals surface area (Å²) in [5, 5.41) is 0. The summed E-state index contributed by atoms with van der Waals surface area (Å²) in [6.45, 7) is 11.2. The summed E-state index contributed by atoms with van der Waals surface area (Å²) >= 11 is 0. The highest BCUT2D eigenvalue weighted by Crippen LogP contribution is 2.66. The van der Waals surface area contributed by atoms with Gasteiger partial charge in [0.15, 0.2) is 17.3 Å². The average Bonchev–Trinajstić information content (AvgIpc) is 2.86. The molecule has 0 aliphatic heterocycles. The zero-order chi connectivity index (χ0) is 27.8. The second-order valence-corrected chi connectivity index (χ2v) is 11.2. The van der Waals surface area contributed by atoms with Gasteiger partial charge in [0.1, 0.15) is 16.7 Å². The summed E-state index contributed by atoms with van der Waals surface area (Å²) in [5.41, 5.74) is -2.02. The van der Waals surface area contributed by atoms with Crippen LogP contribution in [0.25, 0.3) is 0 Å². The molecular weight excluding hydrogens is 468 g/mol. The Morgan fingerprint density at radius 2 is 1.51 bits per heavy atom. The second-order valence-electron chi connectivity index (χ2n) is 11.2. The monoisotopic (exact) mass is 506 g/mol. The molecule has 198 valence electrons. The number of ketones is 3. The molecule has 1 unspecified atom stereocenters. The van der Waals surface area contributed by atoms with Crippen LogP contribution in [0.1, 0.15) is 71.2 Å². The summed E-state index contributed by atoms with van der Waals surface area (Å²) in [7, 11) is 2.70. The Labute approximate surface area is 219 Å². The minimum atomic E-state index is -1.65. The van der Waals surface area contributed by atoms with Crippen LogP contribution in [0.15, 0.2) is 65.0 Å². The van der Waals surface area contributed by atoms with E-state index in [-0.39, 0.29) is 36.4 Å². The van der Waals surface area contributed by atoms with Crippen molar-refractivity contribution < 1.29 is 28.7 Å². The molecule has 1 saturated carbocycles. The standard InChI is InChI=1S/C31H38O6/c1-19(2)14-16-30-18-22(27(34)37-8)29(5,6)31(28(30)35,17-15-20(3)4)25(33)23(26(30)36-7)24(32)21-12-10-9-11-13-21/h9-15,22H,16-18H2,1-8H3/t22-,30?,31-/m1/s1. The number of allylic oxidation sites excluding steroid dienone is 6. The molecule has 0 radical (unpaired) electrons. The van der Waals surface area contributed by atoms with E-state index in [4.69, 9.17) is 9.47 Å². The maximum absolute atomic E-state index is 14.8. The van der Waals surface area contributed by atoms with E-state index in [0.29, 0.717) is 5.56 Å². The minimum absolute atomic E-state index is 0.0473. The molecule has 2 aliphatic carbocycles. The van der Waals surface area contributed by atoms with Crippen molar-refractivity contribution in [1.29, 1.82) is 0 Å². The molecule has 0 heterocycles. The molecule has 0 saturated heterocycles. The Hall–Kier alpha value is -3.28. The van der Waals surface area contributed by atoms with Gasteiger partial charge in [-0.3, -0.25) is 19.2 Å². The first-order valence-electron chi connectivity index (χ1n) is 12.6. The summed E-state index contributed by atoms with van der Waals surface area (Å²) < 4.78 is 11.0. The van der Waals surface area contributed by atoms with Crippen LogP contribution in [0.2, 0.25) is 0 Å². The van der Waals surface area contributed by atoms with Crippen molar-refractivity contribution in [1.82, 2.24) is 0 Å².